The van der Waals surface area contributed by atoms with Crippen molar-refractivity contribution < 1.29 is 9.53 Å². The quantitative estimate of drug-likeness (QED) is 0.441. The molecule has 6 heteroatoms. The molecule has 0 amide bonds. The van der Waals surface area contributed by atoms with Crippen LogP contribution in [0.5, 0.6) is 0 Å². The van der Waals surface area contributed by atoms with Crippen LogP contribution in [-0.4, -0.2) is 21.7 Å². The maximum atomic E-state index is 11.0. The number of halogens is 4. The van der Waals surface area contributed by atoms with Crippen LogP contribution in [0.15, 0.2) is 0 Å². The lowest BCUT2D eigenvalue weighted by Crippen LogP contribution is -2.17. The molecule has 0 N–H and O–H groups in total. The van der Waals surface area contributed by atoms with Crippen LogP contribution in [0.3, 0.4) is 0 Å². The highest BCUT2D eigenvalue weighted by Gasteiger charge is 2.21. The van der Waals surface area contributed by atoms with Crippen LogP contribution < -0.4 is 0 Å². The van der Waals surface area contributed by atoms with Crippen molar-refractivity contribution >= 4 is 56.7 Å². The molecule has 78 valence electrons. The van der Waals surface area contributed by atoms with E-state index in [1.165, 1.54) is 0 Å². The molecule has 0 aliphatic carbocycles. The maximum absolute atomic E-state index is 11.0. The van der Waals surface area contributed by atoms with Gasteiger partial charge in [-0.3, -0.25) is 4.79 Å². The second-order valence-corrected chi connectivity index (χ2v) is 5.73. The number of carbonyl (C=O) groups is 1. The first-order chi connectivity index (χ1) is 5.95. The minimum Gasteiger partial charge on any atom is -0.461 e. The van der Waals surface area contributed by atoms with Crippen LogP contribution in [0, 0.1) is 0 Å². The predicted octanol–water partition coefficient (Wildman–Crippen LogP) is 3.47. The lowest BCUT2D eigenvalue weighted by Gasteiger charge is -2.10. The Labute approximate surface area is 101 Å². The smallest absolute Gasteiger partial charge is 0.305 e. The van der Waals surface area contributed by atoms with Crippen LogP contribution in [0.25, 0.3) is 0 Å². The van der Waals surface area contributed by atoms with Gasteiger partial charge in [0.2, 0.25) is 3.79 Å². The lowest BCUT2D eigenvalue weighted by atomic mass is 10.2. The molecule has 0 aromatic rings. The third-order valence-corrected chi connectivity index (χ3v) is 2.05. The van der Waals surface area contributed by atoms with Crippen molar-refractivity contribution in [2.24, 2.45) is 0 Å². The molecule has 2 nitrogen and oxygen atoms in total. The van der Waals surface area contributed by atoms with Crippen LogP contribution in [0.2, 0.25) is 0 Å². The number of carbonyl (C=O) groups excluding carboxylic acids is 1. The molecule has 0 rings (SSSR count). The Morgan fingerprint density at radius 1 is 1.31 bits per heavy atom. The first-order valence-electron chi connectivity index (χ1n) is 3.74. The van der Waals surface area contributed by atoms with Gasteiger partial charge in [0.15, 0.2) is 0 Å². The summed E-state index contributed by atoms with van der Waals surface area (Å²) >= 11 is 19.4. The van der Waals surface area contributed by atoms with Crippen molar-refractivity contribution in [2.45, 2.75) is 23.1 Å². The zero-order chi connectivity index (χ0) is 10.3. The third kappa shape index (κ3) is 10.7. The summed E-state index contributed by atoms with van der Waals surface area (Å²) in [7, 11) is 0. The molecule has 0 spiro atoms. The Balaban J connectivity index is 3.41. The fraction of sp³-hybridized carbons (Fsp3) is 0.857. The maximum Gasteiger partial charge on any atom is 0.305 e. The molecule has 0 aliphatic heterocycles. The Kier molecular flexibility index (Phi) is 7.61. The van der Waals surface area contributed by atoms with E-state index in [0.717, 1.165) is 18.2 Å². The van der Waals surface area contributed by atoms with Gasteiger partial charge in [-0.2, -0.15) is 0 Å². The van der Waals surface area contributed by atoms with Crippen LogP contribution in [0.1, 0.15) is 19.3 Å². The first kappa shape index (κ1) is 13.8. The Hall–Kier alpha value is 0.820. The summed E-state index contributed by atoms with van der Waals surface area (Å²) in [4.78, 5) is 11.0. The fourth-order valence-corrected chi connectivity index (χ4v) is 1.16. The topological polar surface area (TPSA) is 26.3 Å². The van der Waals surface area contributed by atoms with E-state index in [1.807, 2.05) is 0 Å². The van der Waals surface area contributed by atoms with Crippen molar-refractivity contribution in [3.8, 4) is 0 Å². The van der Waals surface area contributed by atoms with E-state index in [-0.39, 0.29) is 12.6 Å². The zero-order valence-corrected chi connectivity index (χ0v) is 10.7. The fourth-order valence-electron chi connectivity index (χ4n) is 0.598. The number of ether oxygens (including phenoxy) is 1. The normalized spacial score (nSPS) is 11.4. The minimum absolute atomic E-state index is 0.190. The summed E-state index contributed by atoms with van der Waals surface area (Å²) < 4.78 is 3.19. The number of hydrogen-bond acceptors (Lipinski definition) is 2. The van der Waals surface area contributed by atoms with Crippen molar-refractivity contribution in [1.82, 2.24) is 0 Å². The highest BCUT2D eigenvalue weighted by molar-refractivity contribution is 9.09. The predicted molar refractivity (Wildman–Crippen MR) is 58.9 cm³/mol. The molecule has 13 heavy (non-hydrogen) atoms. The van der Waals surface area contributed by atoms with Crippen LogP contribution in [0.4, 0.5) is 0 Å². The Bertz CT molecular complexity index is 158. The monoisotopic (exact) mass is 310 g/mol. The highest BCUT2D eigenvalue weighted by Crippen LogP contribution is 2.26. The van der Waals surface area contributed by atoms with Gasteiger partial charge in [0.1, 0.15) is 6.61 Å². The van der Waals surface area contributed by atoms with Crippen molar-refractivity contribution in [3.63, 3.8) is 0 Å². The molecule has 0 unspecified atom stereocenters. The second kappa shape index (κ2) is 7.16. The van der Waals surface area contributed by atoms with Crippen LogP contribution in [-0.2, 0) is 9.53 Å². The highest BCUT2D eigenvalue weighted by atomic mass is 79.9. The van der Waals surface area contributed by atoms with Gasteiger partial charge in [-0.25, -0.2) is 0 Å². The van der Waals surface area contributed by atoms with E-state index in [2.05, 4.69) is 15.9 Å². The average Bonchev–Trinajstić information content (AvgIpc) is 2.00. The summed E-state index contributed by atoms with van der Waals surface area (Å²) in [5.74, 6) is -0.327. The van der Waals surface area contributed by atoms with E-state index < -0.39 is 3.79 Å². The van der Waals surface area contributed by atoms with Gasteiger partial charge in [-0.15, -0.1) is 0 Å². The van der Waals surface area contributed by atoms with Gasteiger partial charge >= 0.3 is 5.97 Å². The van der Waals surface area contributed by atoms with Crippen molar-refractivity contribution in [2.75, 3.05) is 11.9 Å². The number of unbranched alkanes of at least 4 members (excludes halogenated alkanes) is 1. The summed E-state index contributed by atoms with van der Waals surface area (Å²) in [6, 6.07) is 0. The van der Waals surface area contributed by atoms with Gasteiger partial charge in [-0.1, -0.05) is 50.7 Å². The van der Waals surface area contributed by atoms with E-state index in [9.17, 15) is 4.79 Å². The van der Waals surface area contributed by atoms with Crippen LogP contribution >= 0.6 is 50.7 Å². The van der Waals surface area contributed by atoms with E-state index >= 15 is 0 Å². The molecule has 0 bridgehead atoms. The molecule has 0 radical (unpaired) electrons. The van der Waals surface area contributed by atoms with Gasteiger partial charge in [0.25, 0.3) is 0 Å². The molecule has 0 aromatic heterocycles. The van der Waals surface area contributed by atoms with E-state index in [1.54, 1.807) is 0 Å². The standard InChI is InChI=1S/C7H10BrCl3O2/c8-4-2-1-3-6(12)13-5-7(9,10)11/h1-5H2. The minimum atomic E-state index is -1.51. The molecule has 0 saturated heterocycles. The second-order valence-electron chi connectivity index (χ2n) is 2.42. The summed E-state index contributed by atoms with van der Waals surface area (Å²) in [5, 5.41) is 0.880. The lowest BCUT2D eigenvalue weighted by molar-refractivity contribution is -0.143. The molecule has 0 atom stereocenters. The largest absolute Gasteiger partial charge is 0.461 e. The van der Waals surface area contributed by atoms with E-state index in [0.29, 0.717) is 6.42 Å². The molecule has 0 aliphatic rings. The third-order valence-electron chi connectivity index (χ3n) is 1.16. The zero-order valence-electron chi connectivity index (χ0n) is 6.86. The summed E-state index contributed by atoms with van der Waals surface area (Å²) in [5.41, 5.74) is 0. The molecule has 0 saturated carbocycles. The van der Waals surface area contributed by atoms with Gasteiger partial charge in [0.05, 0.1) is 0 Å². The van der Waals surface area contributed by atoms with E-state index in [4.69, 9.17) is 39.5 Å². The number of hydrogen-bond donors (Lipinski definition) is 0. The van der Waals surface area contributed by atoms with Gasteiger partial charge in [-0.05, 0) is 12.8 Å². The molecule has 0 aromatic carbocycles. The van der Waals surface area contributed by atoms with Crippen molar-refractivity contribution in [1.29, 1.82) is 0 Å². The van der Waals surface area contributed by atoms with Gasteiger partial charge in [0, 0.05) is 11.8 Å². The molecule has 0 fully saturated rings. The number of esters is 1. The van der Waals surface area contributed by atoms with Crippen molar-refractivity contribution in [3.05, 3.63) is 0 Å². The SMILES string of the molecule is O=C(CCCCBr)OCC(Cl)(Cl)Cl. The Morgan fingerprint density at radius 3 is 2.38 bits per heavy atom. The molecular formula is C7H10BrCl3O2. The summed E-state index contributed by atoms with van der Waals surface area (Å²) in [6.45, 7) is -0.190. The number of alkyl halides is 4. The molecular weight excluding hydrogens is 302 g/mol. The average molecular weight is 312 g/mol. The first-order valence-corrected chi connectivity index (χ1v) is 5.99. The summed E-state index contributed by atoms with van der Waals surface area (Å²) in [6.07, 6.45) is 2.08. The number of rotatable bonds is 5. The van der Waals surface area contributed by atoms with Gasteiger partial charge < -0.3 is 4.74 Å². The molecule has 0 heterocycles. The Morgan fingerprint density at radius 2 is 1.92 bits per heavy atom.